The number of halogens is 1. The number of hydrogen-bond donors (Lipinski definition) is 1. The highest BCUT2D eigenvalue weighted by Crippen LogP contribution is 2.14. The molecule has 0 saturated carbocycles. The molecule has 0 aliphatic carbocycles. The Hall–Kier alpha value is -0.740. The van der Waals surface area contributed by atoms with Crippen molar-refractivity contribution in [1.82, 2.24) is 15.1 Å². The molecule has 0 aromatic carbocycles. The summed E-state index contributed by atoms with van der Waals surface area (Å²) in [6, 6.07) is 0. The Labute approximate surface area is 96.4 Å². The summed E-state index contributed by atoms with van der Waals surface area (Å²) in [6.07, 6.45) is 6.29. The van der Waals surface area contributed by atoms with Gasteiger partial charge in [-0.1, -0.05) is 0 Å². The second kappa shape index (κ2) is 5.98. The van der Waals surface area contributed by atoms with E-state index in [0.717, 1.165) is 18.8 Å². The Morgan fingerprint density at radius 3 is 3.13 bits per heavy atom. The maximum atomic E-state index is 5.09. The number of aromatic nitrogens is 2. The molecule has 1 N–H and O–H groups in total. The Bertz CT molecular complexity index is 284. The fourth-order valence-corrected chi connectivity index (χ4v) is 1.89. The minimum absolute atomic E-state index is 0. The zero-order chi connectivity index (χ0) is 9.80. The molecule has 15 heavy (non-hydrogen) atoms. The van der Waals surface area contributed by atoms with E-state index < -0.39 is 0 Å². The second-order valence-electron chi connectivity index (χ2n) is 3.81. The quantitative estimate of drug-likeness (QED) is 0.853. The molecule has 86 valence electrons. The standard InChI is InChI=1S/C10H17N3O.ClH/c1-14-10-6-12-13(8-10)7-9-3-2-4-11-5-9;/h6,8-9,11H,2-5,7H2,1H3;1H. The van der Waals surface area contributed by atoms with E-state index >= 15 is 0 Å². The van der Waals surface area contributed by atoms with Crippen LogP contribution in [0.4, 0.5) is 0 Å². The summed E-state index contributed by atoms with van der Waals surface area (Å²) >= 11 is 0. The highest BCUT2D eigenvalue weighted by molar-refractivity contribution is 5.85. The van der Waals surface area contributed by atoms with Crippen LogP contribution in [0, 0.1) is 5.92 Å². The lowest BCUT2D eigenvalue weighted by atomic mass is 10.00. The van der Waals surface area contributed by atoms with Gasteiger partial charge in [-0.3, -0.25) is 4.68 Å². The van der Waals surface area contributed by atoms with Gasteiger partial charge in [-0.2, -0.15) is 5.10 Å². The smallest absolute Gasteiger partial charge is 0.156 e. The van der Waals surface area contributed by atoms with Crippen molar-refractivity contribution in [3.8, 4) is 5.75 Å². The zero-order valence-electron chi connectivity index (χ0n) is 8.98. The molecule has 0 bridgehead atoms. The molecule has 2 rings (SSSR count). The molecule has 1 fully saturated rings. The Morgan fingerprint density at radius 1 is 1.67 bits per heavy atom. The molecular weight excluding hydrogens is 214 g/mol. The number of piperidine rings is 1. The second-order valence-corrected chi connectivity index (χ2v) is 3.81. The highest BCUT2D eigenvalue weighted by atomic mass is 35.5. The Kier molecular flexibility index (Phi) is 4.91. The van der Waals surface area contributed by atoms with Crippen LogP contribution in [0.3, 0.4) is 0 Å². The van der Waals surface area contributed by atoms with Crippen LogP contribution in [0.15, 0.2) is 12.4 Å². The molecule has 1 saturated heterocycles. The number of nitrogens with zero attached hydrogens (tertiary/aromatic N) is 2. The number of nitrogens with one attached hydrogen (secondary N) is 1. The minimum atomic E-state index is 0. The van der Waals surface area contributed by atoms with Crippen molar-refractivity contribution in [2.45, 2.75) is 19.4 Å². The highest BCUT2D eigenvalue weighted by Gasteiger charge is 2.13. The fourth-order valence-electron chi connectivity index (χ4n) is 1.89. The summed E-state index contributed by atoms with van der Waals surface area (Å²) in [7, 11) is 1.67. The van der Waals surface area contributed by atoms with Crippen LogP contribution >= 0.6 is 12.4 Å². The van der Waals surface area contributed by atoms with E-state index in [0.29, 0.717) is 5.92 Å². The summed E-state index contributed by atoms with van der Waals surface area (Å²) in [5.74, 6) is 1.56. The van der Waals surface area contributed by atoms with E-state index in [2.05, 4.69) is 10.4 Å². The van der Waals surface area contributed by atoms with Gasteiger partial charge in [0.15, 0.2) is 5.75 Å². The fraction of sp³-hybridized carbons (Fsp3) is 0.700. The van der Waals surface area contributed by atoms with Gasteiger partial charge in [0.1, 0.15) is 0 Å². The first-order valence-corrected chi connectivity index (χ1v) is 5.15. The third-order valence-electron chi connectivity index (χ3n) is 2.69. The first-order chi connectivity index (χ1) is 6.88. The predicted octanol–water partition coefficient (Wildman–Crippen LogP) is 1.31. The molecule has 0 radical (unpaired) electrons. The van der Waals surface area contributed by atoms with Crippen molar-refractivity contribution in [1.29, 1.82) is 0 Å². The third-order valence-corrected chi connectivity index (χ3v) is 2.69. The van der Waals surface area contributed by atoms with Crippen LogP contribution in [0.25, 0.3) is 0 Å². The monoisotopic (exact) mass is 231 g/mol. The first-order valence-electron chi connectivity index (χ1n) is 5.15. The van der Waals surface area contributed by atoms with Gasteiger partial charge in [-0.25, -0.2) is 0 Å². The van der Waals surface area contributed by atoms with Crippen molar-refractivity contribution in [2.75, 3.05) is 20.2 Å². The van der Waals surface area contributed by atoms with Crippen molar-refractivity contribution < 1.29 is 4.74 Å². The molecule has 1 aliphatic heterocycles. The minimum Gasteiger partial charge on any atom is -0.493 e. The summed E-state index contributed by atoms with van der Waals surface area (Å²) < 4.78 is 7.05. The van der Waals surface area contributed by atoms with E-state index in [4.69, 9.17) is 4.74 Å². The summed E-state index contributed by atoms with van der Waals surface area (Å²) in [6.45, 7) is 3.28. The molecule has 4 nitrogen and oxygen atoms in total. The number of hydrogen-bond acceptors (Lipinski definition) is 3. The molecule has 1 unspecified atom stereocenters. The van der Waals surface area contributed by atoms with Crippen LogP contribution in [0.1, 0.15) is 12.8 Å². The first kappa shape index (κ1) is 12.3. The molecule has 1 aromatic rings. The van der Waals surface area contributed by atoms with Crippen molar-refractivity contribution >= 4 is 12.4 Å². The number of ether oxygens (including phenoxy) is 1. The lowest BCUT2D eigenvalue weighted by Gasteiger charge is -2.22. The van der Waals surface area contributed by atoms with Gasteiger partial charge in [0, 0.05) is 6.54 Å². The SMILES string of the molecule is COc1cnn(CC2CCCNC2)c1.Cl. The van der Waals surface area contributed by atoms with Gasteiger partial charge in [-0.15, -0.1) is 12.4 Å². The van der Waals surface area contributed by atoms with Crippen molar-refractivity contribution in [3.63, 3.8) is 0 Å². The molecule has 1 aliphatic rings. The topological polar surface area (TPSA) is 39.1 Å². The molecule has 2 heterocycles. The molecule has 0 spiro atoms. The van der Waals surface area contributed by atoms with Crippen LogP contribution < -0.4 is 10.1 Å². The van der Waals surface area contributed by atoms with Gasteiger partial charge in [0.05, 0.1) is 19.5 Å². The van der Waals surface area contributed by atoms with Gasteiger partial charge < -0.3 is 10.1 Å². The average Bonchev–Trinajstić information content (AvgIpc) is 2.67. The lowest BCUT2D eigenvalue weighted by molar-refractivity contribution is 0.324. The summed E-state index contributed by atoms with van der Waals surface area (Å²) in [4.78, 5) is 0. The van der Waals surface area contributed by atoms with E-state index in [9.17, 15) is 0 Å². The average molecular weight is 232 g/mol. The Morgan fingerprint density at radius 2 is 2.53 bits per heavy atom. The van der Waals surface area contributed by atoms with Gasteiger partial charge in [0.25, 0.3) is 0 Å². The molecule has 5 heteroatoms. The van der Waals surface area contributed by atoms with Crippen molar-refractivity contribution in [2.24, 2.45) is 5.92 Å². The zero-order valence-corrected chi connectivity index (χ0v) is 9.80. The van der Waals surface area contributed by atoms with Crippen LogP contribution in [-0.4, -0.2) is 30.0 Å². The molecule has 1 aromatic heterocycles. The summed E-state index contributed by atoms with van der Waals surface area (Å²) in [5, 5.41) is 7.65. The van der Waals surface area contributed by atoms with Crippen LogP contribution in [0.2, 0.25) is 0 Å². The van der Waals surface area contributed by atoms with Gasteiger partial charge in [-0.05, 0) is 31.8 Å². The molecular formula is C10H18ClN3O. The largest absolute Gasteiger partial charge is 0.493 e. The van der Waals surface area contributed by atoms with E-state index in [-0.39, 0.29) is 12.4 Å². The number of rotatable bonds is 3. The maximum absolute atomic E-state index is 5.09. The van der Waals surface area contributed by atoms with Gasteiger partial charge >= 0.3 is 0 Å². The Balaban J connectivity index is 0.00000112. The van der Waals surface area contributed by atoms with E-state index in [1.807, 2.05) is 10.9 Å². The maximum Gasteiger partial charge on any atom is 0.156 e. The van der Waals surface area contributed by atoms with E-state index in [1.54, 1.807) is 13.3 Å². The van der Waals surface area contributed by atoms with Crippen LogP contribution in [0.5, 0.6) is 5.75 Å². The number of methoxy groups -OCH3 is 1. The predicted molar refractivity (Wildman–Crippen MR) is 61.6 cm³/mol. The molecule has 0 amide bonds. The van der Waals surface area contributed by atoms with E-state index in [1.165, 1.54) is 19.4 Å². The summed E-state index contributed by atoms with van der Waals surface area (Å²) in [5.41, 5.74) is 0. The lowest BCUT2D eigenvalue weighted by Crippen LogP contribution is -2.32. The van der Waals surface area contributed by atoms with Crippen LogP contribution in [-0.2, 0) is 6.54 Å². The normalized spacial score (nSPS) is 20.7. The molecule has 1 atom stereocenters. The third kappa shape index (κ3) is 3.39. The van der Waals surface area contributed by atoms with Crippen molar-refractivity contribution in [3.05, 3.63) is 12.4 Å². The van der Waals surface area contributed by atoms with Gasteiger partial charge in [0.2, 0.25) is 0 Å².